The van der Waals surface area contributed by atoms with Gasteiger partial charge in [0.1, 0.15) is 12.6 Å². The highest BCUT2D eigenvalue weighted by Crippen LogP contribution is 2.11. The van der Waals surface area contributed by atoms with Gasteiger partial charge in [-0.3, -0.25) is 9.59 Å². The third kappa shape index (κ3) is 8.52. The molecule has 0 aliphatic carbocycles. The number of carbonyl (C=O) groups excluding carboxylic acids is 3. The van der Waals surface area contributed by atoms with Gasteiger partial charge in [-0.1, -0.05) is 78.9 Å². The van der Waals surface area contributed by atoms with Crippen molar-refractivity contribution in [1.82, 2.24) is 10.6 Å². The van der Waals surface area contributed by atoms with Crippen LogP contribution in [0.15, 0.2) is 107 Å². The van der Waals surface area contributed by atoms with E-state index in [-0.39, 0.29) is 17.9 Å². The summed E-state index contributed by atoms with van der Waals surface area (Å²) < 4.78 is 29.8. The lowest BCUT2D eigenvalue weighted by atomic mass is 10.1. The van der Waals surface area contributed by atoms with Crippen LogP contribution in [-0.2, 0) is 37.2 Å². The number of sulfone groups is 1. The first kappa shape index (κ1) is 26.4. The van der Waals surface area contributed by atoms with Crippen LogP contribution in [-0.4, -0.2) is 38.8 Å². The Bertz CT molecular complexity index is 1290. The Morgan fingerprint density at radius 2 is 1.36 bits per heavy atom. The molecular weight excluding hydrogens is 480 g/mol. The SMILES string of the molecule is O=C(/C=C/S(=O)(=O)c1ccccc1)CNC(=O)[C@H](Cc1ccccc1)NC(=O)OCc1ccccc1. The van der Waals surface area contributed by atoms with Crippen LogP contribution in [0.5, 0.6) is 0 Å². The van der Waals surface area contributed by atoms with Gasteiger partial charge in [0.15, 0.2) is 15.6 Å². The first-order chi connectivity index (χ1) is 17.3. The van der Waals surface area contributed by atoms with Gasteiger partial charge in [0, 0.05) is 11.8 Å². The Morgan fingerprint density at radius 3 is 1.97 bits per heavy atom. The van der Waals surface area contributed by atoms with Gasteiger partial charge >= 0.3 is 6.09 Å². The van der Waals surface area contributed by atoms with E-state index in [1.165, 1.54) is 12.1 Å². The van der Waals surface area contributed by atoms with Crippen molar-refractivity contribution in [1.29, 1.82) is 0 Å². The van der Waals surface area contributed by atoms with Crippen LogP contribution in [0.1, 0.15) is 11.1 Å². The molecule has 0 heterocycles. The molecule has 0 radical (unpaired) electrons. The van der Waals surface area contributed by atoms with Gasteiger partial charge in [-0.25, -0.2) is 13.2 Å². The van der Waals surface area contributed by atoms with Crippen LogP contribution in [0, 0.1) is 0 Å². The number of rotatable bonds is 11. The van der Waals surface area contributed by atoms with Gasteiger partial charge in [-0.05, 0) is 29.3 Å². The Kier molecular flexibility index (Phi) is 9.53. The smallest absolute Gasteiger partial charge is 0.408 e. The molecule has 2 amide bonds. The second-order valence-corrected chi connectivity index (χ2v) is 9.63. The lowest BCUT2D eigenvalue weighted by Gasteiger charge is -2.18. The maximum absolute atomic E-state index is 12.8. The van der Waals surface area contributed by atoms with E-state index in [9.17, 15) is 22.8 Å². The summed E-state index contributed by atoms with van der Waals surface area (Å²) in [7, 11) is -3.78. The van der Waals surface area contributed by atoms with Crippen LogP contribution in [0.25, 0.3) is 0 Å². The molecule has 0 aliphatic rings. The first-order valence-corrected chi connectivity index (χ1v) is 12.7. The van der Waals surface area contributed by atoms with E-state index in [0.717, 1.165) is 22.6 Å². The third-order valence-corrected chi connectivity index (χ3v) is 6.47. The minimum atomic E-state index is -3.78. The molecule has 0 fully saturated rings. The second kappa shape index (κ2) is 13.0. The Hall–Kier alpha value is -4.24. The van der Waals surface area contributed by atoms with E-state index in [1.807, 2.05) is 24.3 Å². The number of hydrogen-bond acceptors (Lipinski definition) is 6. The molecule has 3 aromatic rings. The number of nitrogens with one attached hydrogen (secondary N) is 2. The number of benzene rings is 3. The number of amides is 2. The van der Waals surface area contributed by atoms with Gasteiger partial charge in [0.25, 0.3) is 0 Å². The molecule has 0 aromatic heterocycles. The molecule has 186 valence electrons. The molecule has 8 nitrogen and oxygen atoms in total. The minimum absolute atomic E-state index is 0.0333. The van der Waals surface area contributed by atoms with Crippen molar-refractivity contribution in [3.8, 4) is 0 Å². The molecule has 36 heavy (non-hydrogen) atoms. The molecule has 2 N–H and O–H groups in total. The predicted molar refractivity (Wildman–Crippen MR) is 134 cm³/mol. The fourth-order valence-electron chi connectivity index (χ4n) is 3.18. The number of carbonyl (C=O) groups is 3. The lowest BCUT2D eigenvalue weighted by Crippen LogP contribution is -2.49. The van der Waals surface area contributed by atoms with Crippen LogP contribution in [0.4, 0.5) is 4.79 Å². The van der Waals surface area contributed by atoms with E-state index in [2.05, 4.69) is 10.6 Å². The zero-order valence-electron chi connectivity index (χ0n) is 19.4. The van der Waals surface area contributed by atoms with Crippen molar-refractivity contribution in [2.24, 2.45) is 0 Å². The summed E-state index contributed by atoms with van der Waals surface area (Å²) in [5.41, 5.74) is 1.58. The van der Waals surface area contributed by atoms with Gasteiger partial charge in [0.2, 0.25) is 5.91 Å². The second-order valence-electron chi connectivity index (χ2n) is 7.79. The van der Waals surface area contributed by atoms with E-state index in [0.29, 0.717) is 0 Å². The number of ketones is 1. The van der Waals surface area contributed by atoms with E-state index in [4.69, 9.17) is 4.74 Å². The van der Waals surface area contributed by atoms with Crippen LogP contribution in [0.3, 0.4) is 0 Å². The zero-order chi connectivity index (χ0) is 25.8. The topological polar surface area (TPSA) is 119 Å². The van der Waals surface area contributed by atoms with Crippen molar-refractivity contribution < 1.29 is 27.5 Å². The van der Waals surface area contributed by atoms with E-state index >= 15 is 0 Å². The van der Waals surface area contributed by atoms with Crippen molar-refractivity contribution in [2.45, 2.75) is 24.0 Å². The molecule has 3 aromatic carbocycles. The van der Waals surface area contributed by atoms with Crippen LogP contribution in [0.2, 0.25) is 0 Å². The summed E-state index contributed by atoms with van der Waals surface area (Å²) in [6.07, 6.45) is 0.283. The molecule has 0 unspecified atom stereocenters. The summed E-state index contributed by atoms with van der Waals surface area (Å²) in [6.45, 7) is -0.406. The zero-order valence-corrected chi connectivity index (χ0v) is 20.2. The maximum atomic E-state index is 12.8. The normalized spacial score (nSPS) is 12.0. The molecular formula is C27H26N2O6S. The van der Waals surface area contributed by atoms with Crippen LogP contribution >= 0.6 is 0 Å². The van der Waals surface area contributed by atoms with Crippen molar-refractivity contribution in [2.75, 3.05) is 6.54 Å². The molecule has 9 heteroatoms. The van der Waals surface area contributed by atoms with Gasteiger partial charge < -0.3 is 15.4 Å². The maximum Gasteiger partial charge on any atom is 0.408 e. The molecule has 3 rings (SSSR count). The van der Waals surface area contributed by atoms with Crippen molar-refractivity contribution in [3.63, 3.8) is 0 Å². The molecule has 1 atom stereocenters. The molecule has 0 bridgehead atoms. The van der Waals surface area contributed by atoms with Gasteiger partial charge in [-0.15, -0.1) is 0 Å². The highest BCUT2D eigenvalue weighted by atomic mass is 32.2. The fraction of sp³-hybridized carbons (Fsp3) is 0.148. The van der Waals surface area contributed by atoms with Gasteiger partial charge in [0.05, 0.1) is 11.4 Å². The highest BCUT2D eigenvalue weighted by Gasteiger charge is 2.22. The van der Waals surface area contributed by atoms with Crippen molar-refractivity contribution >= 4 is 27.6 Å². The first-order valence-electron chi connectivity index (χ1n) is 11.1. The number of hydrogen-bond donors (Lipinski definition) is 2. The van der Waals surface area contributed by atoms with Crippen LogP contribution < -0.4 is 10.6 Å². The molecule has 0 saturated carbocycles. The third-order valence-electron chi connectivity index (χ3n) is 5.05. The highest BCUT2D eigenvalue weighted by molar-refractivity contribution is 7.94. The predicted octanol–water partition coefficient (Wildman–Crippen LogP) is 3.20. The lowest BCUT2D eigenvalue weighted by molar-refractivity contribution is -0.125. The Balaban J connectivity index is 1.59. The molecule has 0 aliphatic heterocycles. The largest absolute Gasteiger partial charge is 0.445 e. The number of alkyl carbamates (subject to hydrolysis) is 1. The Morgan fingerprint density at radius 1 is 0.806 bits per heavy atom. The summed E-state index contributed by atoms with van der Waals surface area (Å²) in [6, 6.07) is 24.8. The van der Waals surface area contributed by atoms with Gasteiger partial charge in [-0.2, -0.15) is 0 Å². The van der Waals surface area contributed by atoms with E-state index in [1.54, 1.807) is 54.6 Å². The van der Waals surface area contributed by atoms with E-state index < -0.39 is 40.2 Å². The Labute approximate surface area is 209 Å². The van der Waals surface area contributed by atoms with Crippen molar-refractivity contribution in [3.05, 3.63) is 114 Å². The standard InChI is InChI=1S/C27H26N2O6S/c30-23(16-17-36(33,34)24-14-8-3-9-15-24)19-28-26(31)25(18-21-10-4-1-5-11-21)29-27(32)35-20-22-12-6-2-7-13-22/h1-17,25H,18-20H2,(H,28,31)(H,29,32)/b17-16+/t25-/m0/s1. The summed E-state index contributed by atoms with van der Waals surface area (Å²) in [4.78, 5) is 37.4. The monoisotopic (exact) mass is 506 g/mol. The minimum Gasteiger partial charge on any atom is -0.445 e. The number of ether oxygens (including phenoxy) is 1. The molecule has 0 spiro atoms. The summed E-state index contributed by atoms with van der Waals surface area (Å²) in [5, 5.41) is 5.79. The average molecular weight is 507 g/mol. The summed E-state index contributed by atoms with van der Waals surface area (Å²) >= 11 is 0. The summed E-state index contributed by atoms with van der Waals surface area (Å²) in [5.74, 6) is -1.23. The molecule has 0 saturated heterocycles. The quantitative estimate of drug-likeness (QED) is 0.386. The fourth-order valence-corrected chi connectivity index (χ4v) is 4.20. The average Bonchev–Trinajstić information content (AvgIpc) is 2.90.